The van der Waals surface area contributed by atoms with E-state index in [2.05, 4.69) is 10.7 Å². The number of thiophene rings is 1. The summed E-state index contributed by atoms with van der Waals surface area (Å²) >= 11 is 1.63. The maximum Gasteiger partial charge on any atom is 0.243 e. The Labute approximate surface area is 156 Å². The average Bonchev–Trinajstić information content (AvgIpc) is 3.15. The Morgan fingerprint density at radius 2 is 1.88 bits per heavy atom. The van der Waals surface area contributed by atoms with Gasteiger partial charge in [0, 0.05) is 25.6 Å². The number of carbonyl (C=O) groups excluding carboxylic acids is 1. The summed E-state index contributed by atoms with van der Waals surface area (Å²) in [6.45, 7) is 1.17. The number of amides is 1. The summed E-state index contributed by atoms with van der Waals surface area (Å²) in [5, 5.41) is 7.01. The second-order valence-electron chi connectivity index (χ2n) is 6.30. The molecule has 0 radical (unpaired) electrons. The molecule has 1 aromatic carbocycles. The maximum absolute atomic E-state index is 13.0. The maximum atomic E-state index is 13.0. The Morgan fingerprint density at radius 3 is 2.50 bits per heavy atom. The van der Waals surface area contributed by atoms with Crippen LogP contribution in [0, 0.1) is 11.7 Å². The van der Waals surface area contributed by atoms with E-state index in [0.29, 0.717) is 32.5 Å². The fourth-order valence-electron chi connectivity index (χ4n) is 3.02. The van der Waals surface area contributed by atoms with Gasteiger partial charge in [-0.3, -0.25) is 4.79 Å². The predicted octanol–water partition coefficient (Wildman–Crippen LogP) is 2.65. The average molecular weight is 397 g/mol. The zero-order valence-electron chi connectivity index (χ0n) is 14.2. The van der Waals surface area contributed by atoms with Crippen molar-refractivity contribution in [3.05, 3.63) is 52.5 Å². The molecule has 1 aliphatic rings. The highest BCUT2D eigenvalue weighted by atomic mass is 32.2. The third kappa shape index (κ3) is 4.49. The minimum atomic E-state index is -3.64. The molecule has 0 atom stereocenters. The van der Waals surface area contributed by atoms with Crippen molar-refractivity contribution in [1.29, 1.82) is 0 Å². The minimum Gasteiger partial charge on any atom is -0.356 e. The van der Waals surface area contributed by atoms with Gasteiger partial charge in [0.2, 0.25) is 15.9 Å². The molecule has 26 heavy (non-hydrogen) atoms. The molecule has 3 rings (SSSR count). The van der Waals surface area contributed by atoms with Gasteiger partial charge < -0.3 is 5.32 Å². The lowest BCUT2D eigenvalue weighted by Crippen LogP contribution is -2.43. The zero-order chi connectivity index (χ0) is 18.6. The molecule has 140 valence electrons. The largest absolute Gasteiger partial charge is 0.356 e. The Bertz CT molecular complexity index is 828. The number of benzene rings is 1. The van der Waals surface area contributed by atoms with Crippen LogP contribution in [-0.4, -0.2) is 38.3 Å². The fourth-order valence-corrected chi connectivity index (χ4v) is 5.20. The first-order valence-electron chi connectivity index (χ1n) is 8.51. The van der Waals surface area contributed by atoms with Crippen LogP contribution in [0.15, 0.2) is 46.0 Å². The van der Waals surface area contributed by atoms with Crippen molar-refractivity contribution in [3.63, 3.8) is 0 Å². The van der Waals surface area contributed by atoms with Gasteiger partial charge in [0.1, 0.15) is 5.82 Å². The summed E-state index contributed by atoms with van der Waals surface area (Å²) in [6.07, 6.45) is 1.78. The van der Waals surface area contributed by atoms with Crippen LogP contribution < -0.4 is 5.32 Å². The molecule has 1 aromatic heterocycles. The zero-order valence-corrected chi connectivity index (χ0v) is 15.9. The Balaban J connectivity index is 1.50. The molecule has 0 bridgehead atoms. The molecule has 1 fully saturated rings. The van der Waals surface area contributed by atoms with Gasteiger partial charge in [-0.15, -0.1) is 0 Å². The second-order valence-corrected chi connectivity index (χ2v) is 9.02. The summed E-state index contributed by atoms with van der Waals surface area (Å²) in [4.78, 5) is 12.4. The Hall–Kier alpha value is -1.77. The van der Waals surface area contributed by atoms with Crippen molar-refractivity contribution < 1.29 is 17.6 Å². The highest BCUT2D eigenvalue weighted by molar-refractivity contribution is 7.89. The highest BCUT2D eigenvalue weighted by Gasteiger charge is 2.31. The lowest BCUT2D eigenvalue weighted by Gasteiger charge is -2.30. The molecule has 0 aliphatic carbocycles. The van der Waals surface area contributed by atoms with Crippen LogP contribution in [0.5, 0.6) is 0 Å². The van der Waals surface area contributed by atoms with Crippen molar-refractivity contribution in [2.45, 2.75) is 24.2 Å². The number of hydrogen-bond acceptors (Lipinski definition) is 4. The number of nitrogens with zero attached hydrogens (tertiary/aromatic N) is 1. The van der Waals surface area contributed by atoms with Gasteiger partial charge >= 0.3 is 0 Å². The van der Waals surface area contributed by atoms with E-state index in [4.69, 9.17) is 0 Å². The van der Waals surface area contributed by atoms with E-state index in [1.54, 1.807) is 11.3 Å². The van der Waals surface area contributed by atoms with E-state index in [0.717, 1.165) is 18.6 Å². The van der Waals surface area contributed by atoms with Crippen molar-refractivity contribution in [2.75, 3.05) is 19.6 Å². The van der Waals surface area contributed by atoms with Crippen LogP contribution >= 0.6 is 11.3 Å². The van der Waals surface area contributed by atoms with Gasteiger partial charge in [-0.25, -0.2) is 12.8 Å². The van der Waals surface area contributed by atoms with Gasteiger partial charge in [-0.2, -0.15) is 15.6 Å². The van der Waals surface area contributed by atoms with Gasteiger partial charge in [0.15, 0.2) is 0 Å². The molecule has 2 aromatic rings. The van der Waals surface area contributed by atoms with Gasteiger partial charge in [0.05, 0.1) is 4.90 Å². The Morgan fingerprint density at radius 1 is 1.19 bits per heavy atom. The molecular weight excluding hydrogens is 375 g/mol. The van der Waals surface area contributed by atoms with Crippen molar-refractivity contribution >= 4 is 27.3 Å². The molecule has 1 amide bonds. The van der Waals surface area contributed by atoms with E-state index in [1.807, 2.05) is 11.4 Å². The molecule has 5 nitrogen and oxygen atoms in total. The summed E-state index contributed by atoms with van der Waals surface area (Å²) < 4.78 is 39.5. The fraction of sp³-hybridized carbons (Fsp3) is 0.389. The third-order valence-electron chi connectivity index (χ3n) is 4.57. The molecule has 1 aliphatic heterocycles. The SMILES string of the molecule is O=C(NCCc1ccsc1)C1CCN(S(=O)(=O)c2ccc(F)cc2)CC1. The Kier molecular flexibility index (Phi) is 6.05. The minimum absolute atomic E-state index is 0.0148. The van der Waals surface area contributed by atoms with E-state index in [-0.39, 0.29) is 16.7 Å². The van der Waals surface area contributed by atoms with Crippen LogP contribution in [-0.2, 0) is 21.2 Å². The summed E-state index contributed by atoms with van der Waals surface area (Å²) in [5.41, 5.74) is 1.20. The number of rotatable bonds is 6. The van der Waals surface area contributed by atoms with Crippen molar-refractivity contribution in [1.82, 2.24) is 9.62 Å². The summed E-state index contributed by atoms with van der Waals surface area (Å²) in [7, 11) is -3.64. The molecule has 1 saturated heterocycles. The first-order valence-corrected chi connectivity index (χ1v) is 10.9. The van der Waals surface area contributed by atoms with E-state index >= 15 is 0 Å². The molecule has 8 heteroatoms. The van der Waals surface area contributed by atoms with Crippen LogP contribution in [0.25, 0.3) is 0 Å². The van der Waals surface area contributed by atoms with E-state index in [1.165, 1.54) is 22.0 Å². The summed E-state index contributed by atoms with van der Waals surface area (Å²) in [6, 6.07) is 6.86. The van der Waals surface area contributed by atoms with Crippen LogP contribution in [0.4, 0.5) is 4.39 Å². The molecule has 1 N–H and O–H groups in total. The highest BCUT2D eigenvalue weighted by Crippen LogP contribution is 2.24. The van der Waals surface area contributed by atoms with Crippen LogP contribution in [0.2, 0.25) is 0 Å². The van der Waals surface area contributed by atoms with Crippen molar-refractivity contribution in [3.8, 4) is 0 Å². The smallest absolute Gasteiger partial charge is 0.243 e. The van der Waals surface area contributed by atoms with E-state index < -0.39 is 15.8 Å². The molecular formula is C18H21FN2O3S2. The van der Waals surface area contributed by atoms with Gasteiger partial charge in [-0.1, -0.05) is 0 Å². The lowest BCUT2D eigenvalue weighted by atomic mass is 9.97. The number of nitrogens with one attached hydrogen (secondary N) is 1. The van der Waals surface area contributed by atoms with Crippen LogP contribution in [0.3, 0.4) is 0 Å². The monoisotopic (exact) mass is 396 g/mol. The first-order chi connectivity index (χ1) is 12.5. The lowest BCUT2D eigenvalue weighted by molar-refractivity contribution is -0.126. The summed E-state index contributed by atoms with van der Waals surface area (Å²) in [5.74, 6) is -0.655. The number of halogens is 1. The number of carbonyl (C=O) groups is 1. The van der Waals surface area contributed by atoms with Crippen LogP contribution in [0.1, 0.15) is 18.4 Å². The topological polar surface area (TPSA) is 66.5 Å². The van der Waals surface area contributed by atoms with Gasteiger partial charge in [-0.05, 0) is 65.9 Å². The molecule has 2 heterocycles. The number of piperidine rings is 1. The predicted molar refractivity (Wildman–Crippen MR) is 98.9 cm³/mol. The molecule has 0 unspecified atom stereocenters. The quantitative estimate of drug-likeness (QED) is 0.816. The number of hydrogen-bond donors (Lipinski definition) is 1. The molecule has 0 saturated carbocycles. The van der Waals surface area contributed by atoms with Crippen molar-refractivity contribution in [2.24, 2.45) is 5.92 Å². The molecule has 0 spiro atoms. The first kappa shape index (κ1) is 19.0. The second kappa shape index (κ2) is 8.28. The van der Waals surface area contributed by atoms with Gasteiger partial charge in [0.25, 0.3) is 0 Å². The number of sulfonamides is 1. The standard InChI is InChI=1S/C18H21FN2O3S2/c19-16-1-3-17(4-2-16)26(23,24)21-10-6-15(7-11-21)18(22)20-9-5-14-8-12-25-13-14/h1-4,8,12-13,15H,5-7,9-11H2,(H,20,22). The van der Waals surface area contributed by atoms with E-state index in [9.17, 15) is 17.6 Å². The normalized spacial score (nSPS) is 16.5. The third-order valence-corrected chi connectivity index (χ3v) is 7.21.